The summed E-state index contributed by atoms with van der Waals surface area (Å²) >= 11 is 0. The Balaban J connectivity index is 2.86. The zero-order valence-corrected chi connectivity index (χ0v) is 9.91. The molecule has 0 aliphatic heterocycles. The Morgan fingerprint density at radius 2 is 2.00 bits per heavy atom. The van der Waals surface area contributed by atoms with Crippen molar-refractivity contribution in [2.75, 3.05) is 0 Å². The second-order valence-corrected chi connectivity index (χ2v) is 4.12. The molecule has 0 aliphatic rings. The van der Waals surface area contributed by atoms with Gasteiger partial charge in [0.2, 0.25) is 0 Å². The number of imidazole rings is 1. The molecule has 1 N–H and O–H groups in total. The molecule has 0 radical (unpaired) electrons. The Hall–Kier alpha value is -1.89. The molecular weight excluding hydrogens is 224 g/mol. The largest absolute Gasteiger partial charge is 0.392 e. The van der Waals surface area contributed by atoms with E-state index in [0.717, 1.165) is 4.57 Å². The number of rotatable bonds is 2. The van der Waals surface area contributed by atoms with Crippen LogP contribution in [-0.2, 0) is 20.6 Å². The normalized spacial score (nSPS) is 13.2. The van der Waals surface area contributed by atoms with Gasteiger partial charge in [-0.1, -0.05) is 0 Å². The van der Waals surface area contributed by atoms with Gasteiger partial charge in [0.25, 0.3) is 5.56 Å². The van der Waals surface area contributed by atoms with E-state index in [2.05, 4.69) is 4.98 Å². The van der Waals surface area contributed by atoms with Crippen molar-refractivity contribution >= 4 is 11.2 Å². The van der Waals surface area contributed by atoms with Gasteiger partial charge in [0.15, 0.2) is 11.2 Å². The average Bonchev–Trinajstić information content (AvgIpc) is 2.66. The Morgan fingerprint density at radius 3 is 2.59 bits per heavy atom. The Bertz CT molecular complexity index is 677. The molecule has 7 nitrogen and oxygen atoms in total. The number of hydrogen-bond acceptors (Lipinski definition) is 4. The number of nitrogens with zero attached hydrogens (tertiary/aromatic N) is 4. The van der Waals surface area contributed by atoms with Crippen molar-refractivity contribution in [3.05, 3.63) is 27.2 Å². The second kappa shape index (κ2) is 3.85. The van der Waals surface area contributed by atoms with Crippen LogP contribution >= 0.6 is 0 Å². The van der Waals surface area contributed by atoms with Crippen molar-refractivity contribution in [2.24, 2.45) is 14.1 Å². The third-order valence-electron chi connectivity index (χ3n) is 2.68. The lowest BCUT2D eigenvalue weighted by atomic mass is 10.4. The lowest BCUT2D eigenvalue weighted by molar-refractivity contribution is 0.175. The molecule has 0 aliphatic carbocycles. The van der Waals surface area contributed by atoms with Crippen LogP contribution in [-0.4, -0.2) is 29.9 Å². The highest BCUT2D eigenvalue weighted by atomic mass is 16.3. The fourth-order valence-corrected chi connectivity index (χ4v) is 1.82. The van der Waals surface area contributed by atoms with E-state index in [9.17, 15) is 14.7 Å². The lowest BCUT2D eigenvalue weighted by Crippen LogP contribution is -2.37. The van der Waals surface area contributed by atoms with Crippen LogP contribution < -0.4 is 11.2 Å². The van der Waals surface area contributed by atoms with Crippen LogP contribution in [0.25, 0.3) is 11.2 Å². The summed E-state index contributed by atoms with van der Waals surface area (Å²) < 4.78 is 3.90. The van der Waals surface area contributed by atoms with Gasteiger partial charge in [0.05, 0.1) is 19.0 Å². The van der Waals surface area contributed by atoms with E-state index in [1.165, 1.54) is 17.9 Å². The fourth-order valence-electron chi connectivity index (χ4n) is 1.82. The summed E-state index contributed by atoms with van der Waals surface area (Å²) in [5, 5.41) is 9.34. The van der Waals surface area contributed by atoms with E-state index >= 15 is 0 Å². The van der Waals surface area contributed by atoms with Gasteiger partial charge in [0.1, 0.15) is 0 Å². The van der Waals surface area contributed by atoms with Crippen molar-refractivity contribution in [2.45, 2.75) is 19.6 Å². The number of aryl methyl sites for hydroxylation is 1. The molecule has 2 rings (SSSR count). The Kier molecular flexibility index (Phi) is 2.62. The molecule has 0 spiro atoms. The maximum atomic E-state index is 12.0. The maximum Gasteiger partial charge on any atom is 0.332 e. The summed E-state index contributed by atoms with van der Waals surface area (Å²) in [7, 11) is 2.98. The van der Waals surface area contributed by atoms with Gasteiger partial charge in [0, 0.05) is 14.1 Å². The van der Waals surface area contributed by atoms with E-state index < -0.39 is 17.4 Å². The predicted molar refractivity (Wildman–Crippen MR) is 61.9 cm³/mol. The van der Waals surface area contributed by atoms with E-state index in [0.29, 0.717) is 11.2 Å². The summed E-state index contributed by atoms with van der Waals surface area (Å²) in [5.41, 5.74) is -0.153. The SMILES string of the molecule is C[C@@H](O)Cn1cnc2c1c(=O)n(C)c(=O)n2C. The molecule has 0 bridgehead atoms. The van der Waals surface area contributed by atoms with Crippen LogP contribution in [0.1, 0.15) is 6.92 Å². The molecule has 2 aromatic rings. The number of hydrogen-bond donors (Lipinski definition) is 1. The molecule has 92 valence electrons. The summed E-state index contributed by atoms with van der Waals surface area (Å²) in [6.07, 6.45) is 0.868. The number of aliphatic hydroxyl groups is 1. The first-order valence-corrected chi connectivity index (χ1v) is 5.22. The van der Waals surface area contributed by atoms with E-state index in [4.69, 9.17) is 0 Å². The minimum Gasteiger partial charge on any atom is -0.392 e. The van der Waals surface area contributed by atoms with E-state index in [1.807, 2.05) is 0 Å². The van der Waals surface area contributed by atoms with E-state index in [1.54, 1.807) is 18.5 Å². The monoisotopic (exact) mass is 238 g/mol. The maximum absolute atomic E-state index is 12.0. The minimum absolute atomic E-state index is 0.268. The van der Waals surface area contributed by atoms with Crippen LogP contribution in [0.4, 0.5) is 0 Å². The van der Waals surface area contributed by atoms with Crippen LogP contribution in [0.2, 0.25) is 0 Å². The summed E-state index contributed by atoms with van der Waals surface area (Å²) in [6, 6.07) is 0. The van der Waals surface area contributed by atoms with Crippen molar-refractivity contribution in [3.8, 4) is 0 Å². The molecule has 7 heteroatoms. The molecule has 17 heavy (non-hydrogen) atoms. The van der Waals surface area contributed by atoms with Crippen molar-refractivity contribution in [1.82, 2.24) is 18.7 Å². The van der Waals surface area contributed by atoms with Crippen molar-refractivity contribution in [1.29, 1.82) is 0 Å². The molecular formula is C10H14N4O3. The Morgan fingerprint density at radius 1 is 1.35 bits per heavy atom. The summed E-state index contributed by atoms with van der Waals surface area (Å²) in [5.74, 6) is 0. The van der Waals surface area contributed by atoms with Gasteiger partial charge < -0.3 is 9.67 Å². The highest BCUT2D eigenvalue weighted by Gasteiger charge is 2.14. The lowest BCUT2D eigenvalue weighted by Gasteiger charge is -2.07. The van der Waals surface area contributed by atoms with Gasteiger partial charge in [-0.05, 0) is 6.92 Å². The quantitative estimate of drug-likeness (QED) is 0.713. The zero-order valence-electron chi connectivity index (χ0n) is 9.91. The van der Waals surface area contributed by atoms with Crippen LogP contribution in [0.15, 0.2) is 15.9 Å². The molecule has 0 fully saturated rings. The van der Waals surface area contributed by atoms with Gasteiger partial charge in [-0.3, -0.25) is 13.9 Å². The number of aliphatic hydroxyl groups excluding tert-OH is 1. The molecule has 0 saturated carbocycles. The molecule has 0 unspecified atom stereocenters. The first-order chi connectivity index (χ1) is 7.93. The van der Waals surface area contributed by atoms with Gasteiger partial charge in [-0.25, -0.2) is 9.78 Å². The fraction of sp³-hybridized carbons (Fsp3) is 0.500. The summed E-state index contributed by atoms with van der Waals surface area (Å²) in [4.78, 5) is 27.7. The molecule has 0 amide bonds. The van der Waals surface area contributed by atoms with Crippen LogP contribution in [0, 0.1) is 0 Å². The summed E-state index contributed by atoms with van der Waals surface area (Å²) in [6.45, 7) is 1.89. The van der Waals surface area contributed by atoms with E-state index in [-0.39, 0.29) is 6.54 Å². The number of fused-ring (bicyclic) bond motifs is 1. The smallest absolute Gasteiger partial charge is 0.332 e. The first-order valence-electron chi connectivity index (χ1n) is 5.22. The zero-order chi connectivity index (χ0) is 12.7. The van der Waals surface area contributed by atoms with Crippen molar-refractivity contribution in [3.63, 3.8) is 0 Å². The van der Waals surface area contributed by atoms with Gasteiger partial charge in [-0.15, -0.1) is 0 Å². The molecule has 2 heterocycles. The highest BCUT2D eigenvalue weighted by molar-refractivity contribution is 5.69. The third kappa shape index (κ3) is 1.68. The highest BCUT2D eigenvalue weighted by Crippen LogP contribution is 2.05. The molecule has 0 aromatic carbocycles. The topological polar surface area (TPSA) is 82.1 Å². The standard InChI is InChI=1S/C10H14N4O3/c1-6(15)4-14-5-11-8-7(14)9(16)13(3)10(17)12(8)2/h5-6,15H,4H2,1-3H3/t6-/m1/s1. The van der Waals surface area contributed by atoms with Crippen LogP contribution in [0.5, 0.6) is 0 Å². The molecule has 2 aromatic heterocycles. The van der Waals surface area contributed by atoms with Gasteiger partial charge >= 0.3 is 5.69 Å². The third-order valence-corrected chi connectivity index (χ3v) is 2.68. The average molecular weight is 238 g/mol. The van der Waals surface area contributed by atoms with Crippen molar-refractivity contribution < 1.29 is 5.11 Å². The Labute approximate surface area is 96.6 Å². The first kappa shape index (κ1) is 11.6. The molecule has 0 saturated heterocycles. The predicted octanol–water partition coefficient (Wildman–Crippen LogP) is -1.19. The molecule has 1 atom stereocenters. The second-order valence-electron chi connectivity index (χ2n) is 4.12. The van der Waals surface area contributed by atoms with Crippen LogP contribution in [0.3, 0.4) is 0 Å². The number of aromatic nitrogens is 4. The minimum atomic E-state index is -0.589. The van der Waals surface area contributed by atoms with Gasteiger partial charge in [-0.2, -0.15) is 0 Å².